The number of nitrogens with zero attached hydrogens (tertiary/aromatic N) is 3. The summed E-state index contributed by atoms with van der Waals surface area (Å²) in [6.45, 7) is 7.87. The van der Waals surface area contributed by atoms with E-state index in [1.165, 1.54) is 22.5 Å². The van der Waals surface area contributed by atoms with Crippen LogP contribution in [0.1, 0.15) is 46.6 Å². The highest BCUT2D eigenvalue weighted by Crippen LogP contribution is 2.36. The van der Waals surface area contributed by atoms with Crippen molar-refractivity contribution in [3.05, 3.63) is 52.2 Å². The van der Waals surface area contributed by atoms with Gasteiger partial charge in [-0.3, -0.25) is 4.79 Å². The second-order valence-electron chi connectivity index (χ2n) is 7.16. The van der Waals surface area contributed by atoms with Gasteiger partial charge in [0.15, 0.2) is 0 Å². The van der Waals surface area contributed by atoms with E-state index in [1.807, 2.05) is 13.8 Å². The number of carbonyl (C=O) groups is 1. The molecule has 0 saturated carbocycles. The minimum absolute atomic E-state index is 0.0141. The molecule has 6 heteroatoms. The van der Waals surface area contributed by atoms with Crippen molar-refractivity contribution in [2.24, 2.45) is 0 Å². The van der Waals surface area contributed by atoms with Crippen LogP contribution in [0.2, 0.25) is 0 Å². The van der Waals surface area contributed by atoms with Gasteiger partial charge in [0, 0.05) is 19.1 Å². The Balaban J connectivity index is 1.72. The van der Waals surface area contributed by atoms with E-state index in [0.29, 0.717) is 0 Å². The molecule has 3 aromatic rings. The third-order valence-electron chi connectivity index (χ3n) is 5.33. The van der Waals surface area contributed by atoms with Crippen LogP contribution in [0.3, 0.4) is 0 Å². The molecule has 1 aliphatic rings. The van der Waals surface area contributed by atoms with Gasteiger partial charge in [-0.2, -0.15) is 0 Å². The molecule has 1 aromatic carbocycles. The van der Waals surface area contributed by atoms with Crippen LogP contribution in [0.4, 0.5) is 5.82 Å². The summed E-state index contributed by atoms with van der Waals surface area (Å²) in [6.07, 6.45) is 3.53. The summed E-state index contributed by atoms with van der Waals surface area (Å²) in [6, 6.07) is 8.74. The average molecular weight is 381 g/mol. The molecule has 27 heavy (non-hydrogen) atoms. The summed E-state index contributed by atoms with van der Waals surface area (Å²) in [5.41, 5.74) is 3.73. The smallest absolute Gasteiger partial charge is 0.261 e. The lowest BCUT2D eigenvalue weighted by atomic mass is 9.99. The monoisotopic (exact) mass is 380 g/mol. The summed E-state index contributed by atoms with van der Waals surface area (Å²) in [5, 5.41) is 4.08. The minimum Gasteiger partial charge on any atom is -0.351 e. The van der Waals surface area contributed by atoms with E-state index in [1.54, 1.807) is 6.33 Å². The molecule has 0 spiro atoms. The molecule has 0 aliphatic carbocycles. The fourth-order valence-electron chi connectivity index (χ4n) is 3.58. The van der Waals surface area contributed by atoms with Gasteiger partial charge in [-0.25, -0.2) is 9.97 Å². The van der Waals surface area contributed by atoms with Gasteiger partial charge in [-0.05, 0) is 43.4 Å². The predicted molar refractivity (Wildman–Crippen MR) is 111 cm³/mol. The zero-order valence-corrected chi connectivity index (χ0v) is 16.8. The number of fused-ring (bicyclic) bond motifs is 2. The molecular weight excluding hydrogens is 356 g/mol. The predicted octanol–water partition coefficient (Wildman–Crippen LogP) is 4.09. The lowest BCUT2D eigenvalue weighted by molar-refractivity contribution is 0.0943. The van der Waals surface area contributed by atoms with Crippen LogP contribution in [0, 0.1) is 6.92 Å². The van der Waals surface area contributed by atoms with Crippen molar-refractivity contribution in [2.45, 2.75) is 46.2 Å². The topological polar surface area (TPSA) is 58.1 Å². The number of amides is 1. The van der Waals surface area contributed by atoms with Gasteiger partial charge < -0.3 is 10.2 Å². The number of aromatic nitrogens is 2. The highest BCUT2D eigenvalue weighted by atomic mass is 32.1. The lowest BCUT2D eigenvalue weighted by Gasteiger charge is -2.30. The first-order valence-corrected chi connectivity index (χ1v) is 10.3. The van der Waals surface area contributed by atoms with Gasteiger partial charge in [0.05, 0.1) is 10.3 Å². The Labute approximate surface area is 163 Å². The molecule has 4 rings (SSSR count). The molecule has 1 atom stereocenters. The zero-order valence-electron chi connectivity index (χ0n) is 16.0. The fraction of sp³-hybridized carbons (Fsp3) is 0.381. The van der Waals surface area contributed by atoms with Gasteiger partial charge in [-0.1, -0.05) is 31.2 Å². The average Bonchev–Trinajstić information content (AvgIpc) is 3.04. The Morgan fingerprint density at radius 2 is 2.07 bits per heavy atom. The molecule has 1 aliphatic heterocycles. The van der Waals surface area contributed by atoms with Gasteiger partial charge in [0.25, 0.3) is 5.91 Å². The molecule has 1 amide bonds. The highest BCUT2D eigenvalue weighted by molar-refractivity contribution is 7.20. The Hall–Kier alpha value is -2.47. The number of hydrogen-bond donors (Lipinski definition) is 1. The van der Waals surface area contributed by atoms with E-state index in [4.69, 9.17) is 0 Å². The number of aryl methyl sites for hydroxylation is 1. The molecule has 1 unspecified atom stereocenters. The first-order valence-electron chi connectivity index (χ1n) is 9.45. The first kappa shape index (κ1) is 17.9. The zero-order chi connectivity index (χ0) is 19.0. The number of anilines is 1. The molecule has 0 radical (unpaired) electrons. The lowest BCUT2D eigenvalue weighted by Crippen LogP contribution is -2.32. The van der Waals surface area contributed by atoms with Crippen LogP contribution >= 0.6 is 11.3 Å². The molecule has 2 aromatic heterocycles. The fourth-order valence-corrected chi connectivity index (χ4v) is 4.62. The van der Waals surface area contributed by atoms with Crippen LogP contribution in [0.15, 0.2) is 30.6 Å². The standard InChI is InChI=1S/C21H24N4OS/c1-4-13(2)24-20(26)18-14(3)17-19(22-12-23-21(17)27-18)25-10-9-15-7-5-6-8-16(15)11-25/h5-8,12-13H,4,9-11H2,1-3H3,(H,24,26). The van der Waals surface area contributed by atoms with Crippen molar-refractivity contribution in [2.75, 3.05) is 11.4 Å². The third kappa shape index (κ3) is 3.30. The number of nitrogens with one attached hydrogen (secondary N) is 1. The third-order valence-corrected chi connectivity index (χ3v) is 6.53. The van der Waals surface area contributed by atoms with Gasteiger partial charge in [-0.15, -0.1) is 11.3 Å². The van der Waals surface area contributed by atoms with E-state index in [2.05, 4.69) is 51.4 Å². The number of thiophene rings is 1. The molecule has 3 heterocycles. The van der Waals surface area contributed by atoms with Gasteiger partial charge >= 0.3 is 0 Å². The van der Waals surface area contributed by atoms with Crippen molar-refractivity contribution in [1.82, 2.24) is 15.3 Å². The second kappa shape index (κ2) is 7.27. The SMILES string of the molecule is CCC(C)NC(=O)c1sc2ncnc(N3CCc4ccccc4C3)c2c1C. The van der Waals surface area contributed by atoms with Crippen molar-refractivity contribution in [3.63, 3.8) is 0 Å². The Kier molecular flexibility index (Phi) is 4.83. The maximum absolute atomic E-state index is 12.7. The van der Waals surface area contributed by atoms with E-state index < -0.39 is 0 Å². The molecule has 0 saturated heterocycles. The normalized spacial score (nSPS) is 14.9. The summed E-state index contributed by atoms with van der Waals surface area (Å²) in [7, 11) is 0. The van der Waals surface area contributed by atoms with E-state index in [0.717, 1.165) is 52.4 Å². The number of carbonyl (C=O) groups excluding carboxylic acids is 1. The molecule has 0 bridgehead atoms. The molecule has 1 N–H and O–H groups in total. The van der Waals surface area contributed by atoms with Crippen LogP contribution in [-0.2, 0) is 13.0 Å². The van der Waals surface area contributed by atoms with Crippen molar-refractivity contribution in [1.29, 1.82) is 0 Å². The van der Waals surface area contributed by atoms with Gasteiger partial charge in [0.1, 0.15) is 17.0 Å². The molecular formula is C21H24N4OS. The molecule has 140 valence electrons. The maximum Gasteiger partial charge on any atom is 0.261 e. The van der Waals surface area contributed by atoms with Crippen LogP contribution in [0.25, 0.3) is 10.2 Å². The maximum atomic E-state index is 12.7. The van der Waals surface area contributed by atoms with E-state index in [9.17, 15) is 4.79 Å². The molecule has 5 nitrogen and oxygen atoms in total. The quantitative estimate of drug-likeness (QED) is 0.741. The summed E-state index contributed by atoms with van der Waals surface area (Å²) in [5.74, 6) is 0.922. The largest absolute Gasteiger partial charge is 0.351 e. The van der Waals surface area contributed by atoms with Crippen LogP contribution in [-0.4, -0.2) is 28.5 Å². The van der Waals surface area contributed by atoms with Crippen molar-refractivity contribution >= 4 is 33.3 Å². The number of benzene rings is 1. The second-order valence-corrected chi connectivity index (χ2v) is 8.16. The Morgan fingerprint density at radius 3 is 2.85 bits per heavy atom. The number of rotatable bonds is 4. The minimum atomic E-state index is -0.0141. The van der Waals surface area contributed by atoms with E-state index >= 15 is 0 Å². The highest BCUT2D eigenvalue weighted by Gasteiger charge is 2.24. The summed E-state index contributed by atoms with van der Waals surface area (Å²) in [4.78, 5) is 25.7. The van der Waals surface area contributed by atoms with Crippen LogP contribution < -0.4 is 10.2 Å². The Bertz CT molecular complexity index is 997. The summed E-state index contributed by atoms with van der Waals surface area (Å²) < 4.78 is 0. The van der Waals surface area contributed by atoms with Crippen molar-refractivity contribution in [3.8, 4) is 0 Å². The van der Waals surface area contributed by atoms with Crippen molar-refractivity contribution < 1.29 is 4.79 Å². The van der Waals surface area contributed by atoms with Gasteiger partial charge in [0.2, 0.25) is 0 Å². The molecule has 0 fully saturated rings. The first-order chi connectivity index (χ1) is 13.1. The van der Waals surface area contributed by atoms with E-state index in [-0.39, 0.29) is 11.9 Å². The number of hydrogen-bond acceptors (Lipinski definition) is 5. The van der Waals surface area contributed by atoms with Crippen LogP contribution in [0.5, 0.6) is 0 Å². The summed E-state index contributed by atoms with van der Waals surface area (Å²) >= 11 is 1.46. The Morgan fingerprint density at radius 1 is 1.30 bits per heavy atom.